The second-order valence-electron chi connectivity index (χ2n) is 3.33. The molecule has 1 aliphatic heterocycles. The molecule has 0 aromatic heterocycles. The van der Waals surface area contributed by atoms with Crippen LogP contribution < -0.4 is 16.2 Å². The fraction of sp³-hybridized carbons (Fsp3) is 0.182. The van der Waals surface area contributed by atoms with Gasteiger partial charge in [0.25, 0.3) is 5.91 Å². The lowest BCUT2D eigenvalue weighted by atomic mass is 10.1. The molecule has 0 unspecified atom stereocenters. The summed E-state index contributed by atoms with van der Waals surface area (Å²) in [5.41, 5.74) is 9.85. The summed E-state index contributed by atoms with van der Waals surface area (Å²) in [6.45, 7) is 1.51. The van der Waals surface area contributed by atoms with Crippen molar-refractivity contribution in [2.45, 2.75) is 0 Å². The van der Waals surface area contributed by atoms with Gasteiger partial charge in [-0.1, -0.05) is 24.3 Å². The van der Waals surface area contributed by atoms with Crippen molar-refractivity contribution in [3.05, 3.63) is 42.0 Å². The van der Waals surface area contributed by atoms with Crippen molar-refractivity contribution < 1.29 is 4.79 Å². The first-order valence-electron chi connectivity index (χ1n) is 4.84. The van der Waals surface area contributed by atoms with E-state index < -0.39 is 5.91 Å². The number of hydrazine groups is 1. The van der Waals surface area contributed by atoms with Crippen LogP contribution in [0.25, 0.3) is 0 Å². The number of carbonyl (C=O) groups excluding carboxylic acids is 1. The molecule has 2 rings (SSSR count). The van der Waals surface area contributed by atoms with Crippen molar-refractivity contribution in [1.29, 1.82) is 0 Å². The number of amides is 1. The predicted octanol–water partition coefficient (Wildman–Crippen LogP) is 0.666. The van der Waals surface area contributed by atoms with Crippen LogP contribution in [0.5, 0.6) is 0 Å². The second kappa shape index (κ2) is 4.14. The first-order chi connectivity index (χ1) is 7.29. The highest BCUT2D eigenvalue weighted by atomic mass is 16.1. The maximum Gasteiger partial charge on any atom is 0.250 e. The van der Waals surface area contributed by atoms with Gasteiger partial charge >= 0.3 is 0 Å². The lowest BCUT2D eigenvalue weighted by Gasteiger charge is -2.27. The molecule has 0 spiro atoms. The molecule has 1 amide bonds. The quantitative estimate of drug-likeness (QED) is 0.694. The van der Waals surface area contributed by atoms with Gasteiger partial charge in [-0.15, -0.1) is 0 Å². The summed E-state index contributed by atoms with van der Waals surface area (Å²) in [6.07, 6.45) is 4.09. The molecule has 1 aromatic rings. The molecule has 4 nitrogen and oxygen atoms in total. The van der Waals surface area contributed by atoms with E-state index in [1.54, 1.807) is 6.07 Å². The number of nitrogens with zero attached hydrogens (tertiary/aromatic N) is 1. The highest BCUT2D eigenvalue weighted by molar-refractivity contribution is 5.98. The lowest BCUT2D eigenvalue weighted by Crippen LogP contribution is -2.42. The van der Waals surface area contributed by atoms with Crippen LogP contribution in [0.1, 0.15) is 10.4 Å². The average Bonchev–Trinajstić information content (AvgIpc) is 2.30. The summed E-state index contributed by atoms with van der Waals surface area (Å²) in [5, 5.41) is 1.92. The number of nitrogens with one attached hydrogen (secondary N) is 1. The zero-order valence-corrected chi connectivity index (χ0v) is 8.31. The number of carbonyl (C=O) groups is 1. The van der Waals surface area contributed by atoms with Crippen molar-refractivity contribution >= 4 is 11.6 Å². The molecule has 0 atom stereocenters. The lowest BCUT2D eigenvalue weighted by molar-refractivity contribution is 0.100. The maximum atomic E-state index is 11.2. The van der Waals surface area contributed by atoms with Gasteiger partial charge in [0.05, 0.1) is 17.8 Å². The summed E-state index contributed by atoms with van der Waals surface area (Å²) < 4.78 is 0. The smallest absolute Gasteiger partial charge is 0.250 e. The van der Waals surface area contributed by atoms with Gasteiger partial charge in [-0.3, -0.25) is 4.79 Å². The van der Waals surface area contributed by atoms with E-state index in [1.807, 2.05) is 35.4 Å². The van der Waals surface area contributed by atoms with Crippen LogP contribution in [0.15, 0.2) is 36.4 Å². The Morgan fingerprint density at radius 3 is 2.80 bits per heavy atom. The molecule has 78 valence electrons. The number of nitrogens with two attached hydrogens (primary N) is 1. The molecule has 1 aliphatic rings. The van der Waals surface area contributed by atoms with E-state index in [1.165, 1.54) is 0 Å². The van der Waals surface area contributed by atoms with E-state index in [9.17, 15) is 4.79 Å². The Morgan fingerprint density at radius 1 is 1.33 bits per heavy atom. The number of anilines is 1. The van der Waals surface area contributed by atoms with E-state index in [0.717, 1.165) is 18.8 Å². The Morgan fingerprint density at radius 2 is 2.13 bits per heavy atom. The fourth-order valence-electron chi connectivity index (χ4n) is 1.59. The Labute approximate surface area is 88.3 Å². The molecular formula is C11H13N3O. The summed E-state index contributed by atoms with van der Waals surface area (Å²) in [5.74, 6) is -0.401. The summed E-state index contributed by atoms with van der Waals surface area (Å²) in [4.78, 5) is 11.2. The highest BCUT2D eigenvalue weighted by Crippen LogP contribution is 2.18. The van der Waals surface area contributed by atoms with Crippen LogP contribution in [0.4, 0.5) is 5.69 Å². The van der Waals surface area contributed by atoms with Gasteiger partial charge in [-0.2, -0.15) is 0 Å². The number of para-hydroxylation sites is 1. The Hall–Kier alpha value is -1.81. The minimum atomic E-state index is -0.401. The van der Waals surface area contributed by atoms with Crippen molar-refractivity contribution in [2.75, 3.05) is 18.1 Å². The highest BCUT2D eigenvalue weighted by Gasteiger charge is 2.13. The average molecular weight is 203 g/mol. The molecule has 15 heavy (non-hydrogen) atoms. The van der Waals surface area contributed by atoms with Gasteiger partial charge in [-0.25, -0.2) is 5.43 Å². The largest absolute Gasteiger partial charge is 0.366 e. The number of benzene rings is 1. The van der Waals surface area contributed by atoms with E-state index in [4.69, 9.17) is 5.73 Å². The normalized spacial score (nSPS) is 15.3. The Balaban J connectivity index is 2.34. The molecule has 0 bridgehead atoms. The molecular weight excluding hydrogens is 190 g/mol. The van der Waals surface area contributed by atoms with Crippen LogP contribution in [0.3, 0.4) is 0 Å². The molecule has 0 fully saturated rings. The van der Waals surface area contributed by atoms with Crippen molar-refractivity contribution in [3.63, 3.8) is 0 Å². The topological polar surface area (TPSA) is 58.4 Å². The maximum absolute atomic E-state index is 11.2. The third kappa shape index (κ3) is 1.99. The number of rotatable bonds is 2. The van der Waals surface area contributed by atoms with E-state index >= 15 is 0 Å². The van der Waals surface area contributed by atoms with Crippen molar-refractivity contribution in [2.24, 2.45) is 5.73 Å². The van der Waals surface area contributed by atoms with Gasteiger partial charge < -0.3 is 10.7 Å². The van der Waals surface area contributed by atoms with Crippen LogP contribution in [-0.2, 0) is 0 Å². The Bertz CT molecular complexity index is 401. The monoisotopic (exact) mass is 203 g/mol. The van der Waals surface area contributed by atoms with Gasteiger partial charge in [0.1, 0.15) is 0 Å². The molecule has 3 N–H and O–H groups in total. The number of hydrogen-bond acceptors (Lipinski definition) is 3. The SMILES string of the molecule is NC(=O)c1ccccc1N1CC=CCN1. The van der Waals surface area contributed by atoms with Gasteiger partial charge in [0, 0.05) is 6.54 Å². The summed E-state index contributed by atoms with van der Waals surface area (Å²) in [7, 11) is 0. The van der Waals surface area contributed by atoms with Crippen LogP contribution in [0.2, 0.25) is 0 Å². The van der Waals surface area contributed by atoms with Crippen molar-refractivity contribution in [1.82, 2.24) is 5.43 Å². The Kier molecular flexibility index (Phi) is 2.69. The van der Waals surface area contributed by atoms with Gasteiger partial charge in [-0.05, 0) is 12.1 Å². The van der Waals surface area contributed by atoms with Crippen LogP contribution in [-0.4, -0.2) is 19.0 Å². The van der Waals surface area contributed by atoms with Crippen molar-refractivity contribution in [3.8, 4) is 0 Å². The standard InChI is InChI=1S/C11H13N3O/c12-11(15)9-5-1-2-6-10(9)14-8-4-3-7-13-14/h1-6,13H,7-8H2,(H2,12,15). The third-order valence-electron chi connectivity index (χ3n) is 2.31. The van der Waals surface area contributed by atoms with E-state index in [2.05, 4.69) is 5.43 Å². The summed E-state index contributed by atoms with van der Waals surface area (Å²) >= 11 is 0. The van der Waals surface area contributed by atoms with Gasteiger partial charge in [0.15, 0.2) is 0 Å². The molecule has 4 heteroatoms. The third-order valence-corrected chi connectivity index (χ3v) is 2.31. The number of primary amides is 1. The minimum absolute atomic E-state index is 0.401. The summed E-state index contributed by atoms with van der Waals surface area (Å²) in [6, 6.07) is 7.31. The van der Waals surface area contributed by atoms with E-state index in [0.29, 0.717) is 5.56 Å². The zero-order valence-electron chi connectivity index (χ0n) is 8.31. The zero-order chi connectivity index (χ0) is 10.7. The molecule has 0 saturated heterocycles. The second-order valence-corrected chi connectivity index (χ2v) is 3.33. The van der Waals surface area contributed by atoms with Crippen LogP contribution >= 0.6 is 0 Å². The first kappa shape index (κ1) is 9.73. The molecule has 0 aliphatic carbocycles. The molecule has 0 saturated carbocycles. The molecule has 1 aromatic carbocycles. The van der Waals surface area contributed by atoms with E-state index in [-0.39, 0.29) is 0 Å². The fourth-order valence-corrected chi connectivity index (χ4v) is 1.59. The number of hydrogen-bond donors (Lipinski definition) is 2. The van der Waals surface area contributed by atoms with Crippen LogP contribution in [0, 0.1) is 0 Å². The molecule has 1 heterocycles. The predicted molar refractivity (Wildman–Crippen MR) is 59.4 cm³/mol. The first-order valence-corrected chi connectivity index (χ1v) is 4.84. The minimum Gasteiger partial charge on any atom is -0.366 e. The molecule has 0 radical (unpaired) electrons. The van der Waals surface area contributed by atoms with Gasteiger partial charge in [0.2, 0.25) is 0 Å².